The molecular formula is C17H21F2NO3. The summed E-state index contributed by atoms with van der Waals surface area (Å²) in [6.45, 7) is 1.65. The molecule has 1 aromatic carbocycles. The number of rotatable bonds is 3. The molecule has 4 nitrogen and oxygen atoms in total. The maximum Gasteiger partial charge on any atom is 0.227 e. The largest absolute Gasteiger partial charge is 0.379 e. The van der Waals surface area contributed by atoms with E-state index in [2.05, 4.69) is 0 Å². The highest BCUT2D eigenvalue weighted by Crippen LogP contribution is 2.35. The molecule has 23 heavy (non-hydrogen) atoms. The molecular weight excluding hydrogens is 304 g/mol. The van der Waals surface area contributed by atoms with Crippen LogP contribution in [0.3, 0.4) is 0 Å². The van der Waals surface area contributed by atoms with E-state index in [9.17, 15) is 13.6 Å². The van der Waals surface area contributed by atoms with Crippen molar-refractivity contribution in [2.45, 2.75) is 37.4 Å². The normalized spacial score (nSPS) is 27.6. The molecule has 2 fully saturated rings. The first-order valence-corrected chi connectivity index (χ1v) is 7.90. The van der Waals surface area contributed by atoms with Crippen molar-refractivity contribution in [3.8, 4) is 0 Å². The van der Waals surface area contributed by atoms with Crippen LogP contribution in [0.2, 0.25) is 0 Å². The molecule has 2 aliphatic rings. The van der Waals surface area contributed by atoms with Gasteiger partial charge in [0.2, 0.25) is 5.91 Å². The van der Waals surface area contributed by atoms with E-state index in [1.54, 1.807) is 12.0 Å². The number of halogens is 2. The summed E-state index contributed by atoms with van der Waals surface area (Å²) in [7, 11) is 1.66. The Labute approximate surface area is 134 Å². The van der Waals surface area contributed by atoms with E-state index < -0.39 is 11.6 Å². The van der Waals surface area contributed by atoms with Gasteiger partial charge in [0.1, 0.15) is 0 Å². The monoisotopic (exact) mass is 325 g/mol. The minimum atomic E-state index is -0.941. The van der Waals surface area contributed by atoms with Gasteiger partial charge in [-0.15, -0.1) is 0 Å². The van der Waals surface area contributed by atoms with E-state index >= 15 is 0 Å². The Morgan fingerprint density at radius 1 is 1.48 bits per heavy atom. The van der Waals surface area contributed by atoms with E-state index in [-0.39, 0.29) is 29.6 Å². The molecule has 1 aromatic rings. The first kappa shape index (κ1) is 16.3. The number of likely N-dealkylation sites (tertiary alicyclic amines) is 1. The molecule has 0 bridgehead atoms. The predicted molar refractivity (Wildman–Crippen MR) is 80.0 cm³/mol. The van der Waals surface area contributed by atoms with E-state index in [0.29, 0.717) is 19.7 Å². The average Bonchev–Trinajstić information content (AvgIpc) is 2.94. The maximum absolute atomic E-state index is 13.7. The van der Waals surface area contributed by atoms with Gasteiger partial charge < -0.3 is 14.4 Å². The standard InChI is InChI=1S/C17H21F2NO3/c1-22-13-9-17(23-10-13)6-3-7-20(11-17)15(21)8-12-4-2-5-14(18)16(12)19/h2,4-5,13H,3,6-11H2,1H3/t13-,17+/m0/s1. The van der Waals surface area contributed by atoms with Crippen LogP contribution in [0.25, 0.3) is 0 Å². The summed E-state index contributed by atoms with van der Waals surface area (Å²) in [5.74, 6) is -2.06. The second kappa shape index (κ2) is 6.53. The van der Waals surface area contributed by atoms with Crippen molar-refractivity contribution in [3.05, 3.63) is 35.4 Å². The van der Waals surface area contributed by atoms with Crippen LogP contribution in [0.15, 0.2) is 18.2 Å². The molecule has 0 aromatic heterocycles. The third-order valence-electron chi connectivity index (χ3n) is 4.77. The van der Waals surface area contributed by atoms with Crippen molar-refractivity contribution in [1.82, 2.24) is 4.90 Å². The molecule has 0 unspecified atom stereocenters. The highest BCUT2D eigenvalue weighted by atomic mass is 19.2. The molecule has 0 N–H and O–H groups in total. The van der Waals surface area contributed by atoms with Gasteiger partial charge in [-0.2, -0.15) is 0 Å². The zero-order valence-corrected chi connectivity index (χ0v) is 13.2. The fourth-order valence-electron chi connectivity index (χ4n) is 3.51. The van der Waals surface area contributed by atoms with Crippen LogP contribution < -0.4 is 0 Å². The van der Waals surface area contributed by atoms with Crippen molar-refractivity contribution in [2.24, 2.45) is 0 Å². The summed E-state index contributed by atoms with van der Waals surface area (Å²) in [4.78, 5) is 14.2. The third-order valence-corrected chi connectivity index (χ3v) is 4.77. The van der Waals surface area contributed by atoms with Gasteiger partial charge in [-0.05, 0) is 18.9 Å². The summed E-state index contributed by atoms with van der Waals surface area (Å²) in [5, 5.41) is 0. The molecule has 2 atom stereocenters. The summed E-state index contributed by atoms with van der Waals surface area (Å²) < 4.78 is 38.2. The van der Waals surface area contributed by atoms with Gasteiger partial charge in [-0.25, -0.2) is 8.78 Å². The summed E-state index contributed by atoms with van der Waals surface area (Å²) in [6, 6.07) is 3.92. The number of methoxy groups -OCH3 is 1. The number of carbonyl (C=O) groups is 1. The number of benzene rings is 1. The molecule has 1 amide bonds. The average molecular weight is 325 g/mol. The smallest absolute Gasteiger partial charge is 0.227 e. The fourth-order valence-corrected chi connectivity index (χ4v) is 3.51. The van der Waals surface area contributed by atoms with Crippen LogP contribution in [0.4, 0.5) is 8.78 Å². The maximum atomic E-state index is 13.7. The zero-order valence-electron chi connectivity index (χ0n) is 13.2. The quantitative estimate of drug-likeness (QED) is 0.856. The number of hydrogen-bond donors (Lipinski definition) is 0. The lowest BCUT2D eigenvalue weighted by Crippen LogP contribution is -2.50. The minimum Gasteiger partial charge on any atom is -0.379 e. The molecule has 2 saturated heterocycles. The highest BCUT2D eigenvalue weighted by Gasteiger charge is 2.44. The van der Waals surface area contributed by atoms with Crippen LogP contribution >= 0.6 is 0 Å². The number of hydrogen-bond acceptors (Lipinski definition) is 3. The third kappa shape index (κ3) is 3.38. The van der Waals surface area contributed by atoms with Crippen molar-refractivity contribution in [2.75, 3.05) is 26.8 Å². The van der Waals surface area contributed by atoms with Crippen LogP contribution in [0.1, 0.15) is 24.8 Å². The van der Waals surface area contributed by atoms with Crippen molar-refractivity contribution in [3.63, 3.8) is 0 Å². The molecule has 2 heterocycles. The Balaban J connectivity index is 1.67. The molecule has 0 aliphatic carbocycles. The van der Waals surface area contributed by atoms with E-state index in [4.69, 9.17) is 9.47 Å². The number of ether oxygens (including phenoxy) is 2. The Bertz CT molecular complexity index is 595. The molecule has 2 aliphatic heterocycles. The molecule has 6 heteroatoms. The molecule has 126 valence electrons. The lowest BCUT2D eigenvalue weighted by Gasteiger charge is -2.39. The Morgan fingerprint density at radius 2 is 2.30 bits per heavy atom. The molecule has 3 rings (SSSR count). The van der Waals surface area contributed by atoms with Gasteiger partial charge in [0, 0.05) is 32.2 Å². The Kier molecular flexibility index (Phi) is 4.64. The SMILES string of the molecule is CO[C@@H]1CO[C@]2(CCCN(C(=O)Cc3cccc(F)c3F)C2)C1. The van der Waals surface area contributed by atoms with Gasteiger partial charge in [0.15, 0.2) is 11.6 Å². The lowest BCUT2D eigenvalue weighted by molar-refractivity contribution is -0.138. The van der Waals surface area contributed by atoms with Crippen molar-refractivity contribution < 1.29 is 23.0 Å². The Hall–Kier alpha value is -1.53. The number of piperidine rings is 1. The van der Waals surface area contributed by atoms with Crippen LogP contribution in [0.5, 0.6) is 0 Å². The number of amides is 1. The minimum absolute atomic E-state index is 0.0608. The second-order valence-electron chi connectivity index (χ2n) is 6.36. The van der Waals surface area contributed by atoms with Gasteiger partial charge in [0.05, 0.1) is 24.7 Å². The first-order valence-electron chi connectivity index (χ1n) is 7.90. The van der Waals surface area contributed by atoms with Crippen molar-refractivity contribution >= 4 is 5.91 Å². The van der Waals surface area contributed by atoms with E-state index in [1.807, 2.05) is 0 Å². The Morgan fingerprint density at radius 3 is 3.04 bits per heavy atom. The van der Waals surface area contributed by atoms with Crippen molar-refractivity contribution in [1.29, 1.82) is 0 Å². The zero-order chi connectivity index (χ0) is 16.4. The number of carbonyl (C=O) groups excluding carboxylic acids is 1. The van der Waals surface area contributed by atoms with Gasteiger partial charge in [0.25, 0.3) is 0 Å². The van der Waals surface area contributed by atoms with Gasteiger partial charge in [-0.3, -0.25) is 4.79 Å². The topological polar surface area (TPSA) is 38.8 Å². The van der Waals surface area contributed by atoms with Crippen LogP contribution in [-0.4, -0.2) is 49.3 Å². The molecule has 0 radical (unpaired) electrons. The highest BCUT2D eigenvalue weighted by molar-refractivity contribution is 5.79. The fraction of sp³-hybridized carbons (Fsp3) is 0.588. The summed E-state index contributed by atoms with van der Waals surface area (Å²) in [5.41, 5.74) is -0.258. The number of nitrogens with zero attached hydrogens (tertiary/aromatic N) is 1. The summed E-state index contributed by atoms with van der Waals surface area (Å²) in [6.07, 6.45) is 2.43. The second-order valence-corrected chi connectivity index (χ2v) is 6.36. The molecule has 1 spiro atoms. The van der Waals surface area contributed by atoms with Gasteiger partial charge in [-0.1, -0.05) is 12.1 Å². The van der Waals surface area contributed by atoms with Crippen LogP contribution in [-0.2, 0) is 20.7 Å². The lowest BCUT2D eigenvalue weighted by atomic mass is 9.89. The van der Waals surface area contributed by atoms with E-state index in [0.717, 1.165) is 25.3 Å². The summed E-state index contributed by atoms with van der Waals surface area (Å²) >= 11 is 0. The first-order chi connectivity index (χ1) is 11.0. The predicted octanol–water partition coefficient (Wildman–Crippen LogP) is 2.30. The molecule has 0 saturated carbocycles. The van der Waals surface area contributed by atoms with E-state index in [1.165, 1.54) is 12.1 Å². The van der Waals surface area contributed by atoms with Gasteiger partial charge >= 0.3 is 0 Å². The van der Waals surface area contributed by atoms with Crippen LogP contribution in [0, 0.1) is 11.6 Å².